The van der Waals surface area contributed by atoms with E-state index in [9.17, 15) is 13.2 Å². The van der Waals surface area contributed by atoms with E-state index >= 15 is 0 Å². The van der Waals surface area contributed by atoms with E-state index in [1.165, 1.54) is 0 Å². The van der Waals surface area contributed by atoms with Crippen LogP contribution in [0.4, 0.5) is 13.2 Å². The van der Waals surface area contributed by atoms with Gasteiger partial charge in [-0.15, -0.1) is 0 Å². The van der Waals surface area contributed by atoms with Crippen LogP contribution in [0.25, 0.3) is 0 Å². The smallest absolute Gasteiger partial charge is 0.315 e. The van der Waals surface area contributed by atoms with Crippen LogP contribution in [0.3, 0.4) is 0 Å². The first kappa shape index (κ1) is 14.1. The Hall–Kier alpha value is -0.290. The van der Waals surface area contributed by atoms with Gasteiger partial charge in [0.25, 0.3) is 0 Å². The highest BCUT2D eigenvalue weighted by Gasteiger charge is 2.44. The Balaban J connectivity index is 2.07. The zero-order valence-corrected chi connectivity index (χ0v) is 11.1. The molecule has 0 aromatic rings. The van der Waals surface area contributed by atoms with Gasteiger partial charge < -0.3 is 5.32 Å². The molecule has 0 aromatic heterocycles. The lowest BCUT2D eigenvalue weighted by Gasteiger charge is -2.42. The third-order valence-electron chi connectivity index (χ3n) is 4.25. The fourth-order valence-electron chi connectivity index (χ4n) is 3.18. The van der Waals surface area contributed by atoms with E-state index in [0.717, 1.165) is 32.1 Å². The molecule has 18 heavy (non-hydrogen) atoms. The number of nitrogens with one attached hydrogen (secondary N) is 1. The predicted octanol–water partition coefficient (Wildman–Crippen LogP) is 2.79. The molecule has 1 N–H and O–H groups in total. The molecule has 0 spiro atoms. The standard InChI is InChI=1S/C13H23F3N2/c1-9-3-6-11(17-2)12(7-9)18(10-4-5-10)8-13(14,15)16/h9-12,17H,3-8H2,1-2H3. The maximum absolute atomic E-state index is 12.7. The zero-order chi connectivity index (χ0) is 13.3. The lowest BCUT2D eigenvalue weighted by Crippen LogP contribution is -2.55. The normalized spacial score (nSPS) is 34.0. The summed E-state index contributed by atoms with van der Waals surface area (Å²) < 4.78 is 38.1. The number of hydrogen-bond donors (Lipinski definition) is 1. The van der Waals surface area contributed by atoms with Crippen molar-refractivity contribution in [3.63, 3.8) is 0 Å². The van der Waals surface area contributed by atoms with Crippen molar-refractivity contribution in [2.24, 2.45) is 5.92 Å². The van der Waals surface area contributed by atoms with Gasteiger partial charge >= 0.3 is 6.18 Å². The first-order valence-electron chi connectivity index (χ1n) is 6.90. The van der Waals surface area contributed by atoms with Crippen molar-refractivity contribution >= 4 is 0 Å². The molecule has 2 nitrogen and oxygen atoms in total. The summed E-state index contributed by atoms with van der Waals surface area (Å²) in [5.74, 6) is 0.536. The minimum Gasteiger partial charge on any atom is -0.315 e. The molecule has 0 heterocycles. The van der Waals surface area contributed by atoms with Crippen molar-refractivity contribution in [1.82, 2.24) is 10.2 Å². The molecule has 5 heteroatoms. The van der Waals surface area contributed by atoms with Gasteiger partial charge in [0, 0.05) is 18.1 Å². The van der Waals surface area contributed by atoms with Gasteiger partial charge in [0.2, 0.25) is 0 Å². The van der Waals surface area contributed by atoms with Crippen LogP contribution in [0.5, 0.6) is 0 Å². The average Bonchev–Trinajstić information content (AvgIpc) is 3.08. The van der Waals surface area contributed by atoms with E-state index in [-0.39, 0.29) is 18.1 Å². The maximum atomic E-state index is 12.7. The molecular formula is C13H23F3N2. The highest BCUT2D eigenvalue weighted by molar-refractivity contribution is 4.97. The number of halogens is 3. The quantitative estimate of drug-likeness (QED) is 0.840. The molecule has 3 unspecified atom stereocenters. The van der Waals surface area contributed by atoms with Crippen LogP contribution in [-0.2, 0) is 0 Å². The second-order valence-electron chi connectivity index (χ2n) is 5.90. The molecule has 0 radical (unpaired) electrons. The molecule has 0 aliphatic heterocycles. The van der Waals surface area contributed by atoms with E-state index in [1.807, 2.05) is 7.05 Å². The highest BCUT2D eigenvalue weighted by atomic mass is 19.4. The number of alkyl halides is 3. The maximum Gasteiger partial charge on any atom is 0.401 e. The van der Waals surface area contributed by atoms with Crippen molar-refractivity contribution in [2.75, 3.05) is 13.6 Å². The third kappa shape index (κ3) is 3.60. The second kappa shape index (κ2) is 5.37. The van der Waals surface area contributed by atoms with Crippen LogP contribution in [-0.4, -0.2) is 42.8 Å². The largest absolute Gasteiger partial charge is 0.401 e. The fourth-order valence-corrected chi connectivity index (χ4v) is 3.18. The molecular weight excluding hydrogens is 241 g/mol. The summed E-state index contributed by atoms with van der Waals surface area (Å²) in [5, 5.41) is 3.21. The summed E-state index contributed by atoms with van der Waals surface area (Å²) in [5.41, 5.74) is 0. The van der Waals surface area contributed by atoms with Gasteiger partial charge in [0.15, 0.2) is 0 Å². The molecule has 2 rings (SSSR count). The predicted molar refractivity (Wildman–Crippen MR) is 65.4 cm³/mol. The molecule has 3 atom stereocenters. The first-order chi connectivity index (χ1) is 8.40. The van der Waals surface area contributed by atoms with Crippen molar-refractivity contribution < 1.29 is 13.2 Å². The van der Waals surface area contributed by atoms with E-state index in [4.69, 9.17) is 0 Å². The lowest BCUT2D eigenvalue weighted by molar-refractivity contribution is -0.155. The van der Waals surface area contributed by atoms with E-state index in [2.05, 4.69) is 12.2 Å². The van der Waals surface area contributed by atoms with Crippen molar-refractivity contribution in [2.45, 2.75) is 63.3 Å². The summed E-state index contributed by atoms with van der Waals surface area (Å²) in [6, 6.07) is 0.426. The number of hydrogen-bond acceptors (Lipinski definition) is 2. The Kier molecular flexibility index (Phi) is 4.22. The molecule has 106 valence electrons. The van der Waals surface area contributed by atoms with Gasteiger partial charge in [-0.2, -0.15) is 13.2 Å². The third-order valence-corrected chi connectivity index (χ3v) is 4.25. The topological polar surface area (TPSA) is 15.3 Å². The Bertz CT molecular complexity index is 276. The number of nitrogens with zero attached hydrogens (tertiary/aromatic N) is 1. The Labute approximate surface area is 107 Å². The lowest BCUT2D eigenvalue weighted by atomic mass is 9.82. The monoisotopic (exact) mass is 264 g/mol. The van der Waals surface area contributed by atoms with E-state index < -0.39 is 12.7 Å². The van der Waals surface area contributed by atoms with Crippen molar-refractivity contribution in [1.29, 1.82) is 0 Å². The van der Waals surface area contributed by atoms with Gasteiger partial charge in [-0.1, -0.05) is 6.92 Å². The van der Waals surface area contributed by atoms with Crippen molar-refractivity contribution in [3.05, 3.63) is 0 Å². The SMILES string of the molecule is CNC1CCC(C)CC1N(CC(F)(F)F)C1CC1. The number of likely N-dealkylation sites (N-methyl/N-ethyl adjacent to an activating group) is 1. The van der Waals surface area contributed by atoms with Crippen LogP contribution in [0.2, 0.25) is 0 Å². The van der Waals surface area contributed by atoms with Gasteiger partial charge in [-0.3, -0.25) is 4.90 Å². The molecule has 2 fully saturated rings. The first-order valence-corrected chi connectivity index (χ1v) is 6.90. The number of rotatable bonds is 4. The van der Waals surface area contributed by atoms with E-state index in [1.54, 1.807) is 4.90 Å². The van der Waals surface area contributed by atoms with Crippen LogP contribution in [0, 0.1) is 5.92 Å². The minimum atomic E-state index is -4.08. The second-order valence-corrected chi connectivity index (χ2v) is 5.90. The van der Waals surface area contributed by atoms with Gasteiger partial charge in [0.1, 0.15) is 0 Å². The molecule has 2 saturated carbocycles. The van der Waals surface area contributed by atoms with Gasteiger partial charge in [0.05, 0.1) is 6.54 Å². The Morgan fingerprint density at radius 3 is 2.33 bits per heavy atom. The average molecular weight is 264 g/mol. The molecule has 2 aliphatic rings. The fraction of sp³-hybridized carbons (Fsp3) is 1.00. The van der Waals surface area contributed by atoms with Crippen molar-refractivity contribution in [3.8, 4) is 0 Å². The summed E-state index contributed by atoms with van der Waals surface area (Å²) in [4.78, 5) is 1.72. The molecule has 2 aliphatic carbocycles. The van der Waals surface area contributed by atoms with Crippen LogP contribution in [0.1, 0.15) is 39.0 Å². The zero-order valence-electron chi connectivity index (χ0n) is 11.1. The molecule has 0 saturated heterocycles. The minimum absolute atomic E-state index is 0.0490. The van der Waals surface area contributed by atoms with E-state index in [0.29, 0.717) is 5.92 Å². The summed E-state index contributed by atoms with van der Waals surface area (Å²) in [6.07, 6.45) is 0.768. The summed E-state index contributed by atoms with van der Waals surface area (Å²) in [7, 11) is 1.87. The van der Waals surface area contributed by atoms with Gasteiger partial charge in [-0.05, 0) is 45.1 Å². The Morgan fingerprint density at radius 1 is 1.17 bits per heavy atom. The molecule has 0 aromatic carbocycles. The van der Waals surface area contributed by atoms with Crippen LogP contribution < -0.4 is 5.32 Å². The highest BCUT2D eigenvalue weighted by Crippen LogP contribution is 2.37. The van der Waals surface area contributed by atoms with Crippen LogP contribution in [0.15, 0.2) is 0 Å². The molecule has 0 amide bonds. The Morgan fingerprint density at radius 2 is 1.83 bits per heavy atom. The molecule has 0 bridgehead atoms. The van der Waals surface area contributed by atoms with Crippen LogP contribution >= 0.6 is 0 Å². The summed E-state index contributed by atoms with van der Waals surface area (Å²) in [6.45, 7) is 1.41. The summed E-state index contributed by atoms with van der Waals surface area (Å²) >= 11 is 0. The van der Waals surface area contributed by atoms with Gasteiger partial charge in [-0.25, -0.2) is 0 Å².